The Morgan fingerprint density at radius 2 is 1.65 bits per heavy atom. The monoisotopic (exact) mass is 570 g/mol. The highest BCUT2D eigenvalue weighted by molar-refractivity contribution is 14.0. The fraction of sp³-hybridized carbons (Fsp3) is 0.350. The van der Waals surface area contributed by atoms with Crippen LogP contribution < -0.4 is 10.0 Å². The van der Waals surface area contributed by atoms with Gasteiger partial charge in [-0.1, -0.05) is 42.5 Å². The highest BCUT2D eigenvalue weighted by Gasteiger charge is 2.29. The number of nitrogens with zero attached hydrogens (tertiary/aromatic N) is 2. The molecule has 0 aromatic heterocycles. The van der Waals surface area contributed by atoms with Crippen LogP contribution in [0.5, 0.6) is 0 Å². The standard InChI is InChI=1S/C20H25F3N4O2S.HI/c1-24-19(27(2)15-17-8-10-18(11-9-17)20(21,22)23)25-12-13-30(28,29)26-14-16-6-4-3-5-7-16;/h3-11,26H,12-15H2,1-2H3,(H,24,25);1H. The van der Waals surface area contributed by atoms with Crippen LogP contribution in [-0.2, 0) is 29.3 Å². The summed E-state index contributed by atoms with van der Waals surface area (Å²) in [7, 11) is -0.213. The first-order valence-electron chi connectivity index (χ1n) is 9.20. The summed E-state index contributed by atoms with van der Waals surface area (Å²) >= 11 is 0. The minimum absolute atomic E-state index is 0. The quantitative estimate of drug-likeness (QED) is 0.290. The van der Waals surface area contributed by atoms with Crippen molar-refractivity contribution in [3.63, 3.8) is 0 Å². The van der Waals surface area contributed by atoms with Crippen molar-refractivity contribution in [2.75, 3.05) is 26.4 Å². The van der Waals surface area contributed by atoms with Crippen LogP contribution in [0.3, 0.4) is 0 Å². The van der Waals surface area contributed by atoms with Gasteiger partial charge < -0.3 is 10.2 Å². The third-order valence-electron chi connectivity index (χ3n) is 4.27. The normalized spacial score (nSPS) is 12.2. The zero-order valence-corrected chi connectivity index (χ0v) is 20.3. The van der Waals surface area contributed by atoms with Gasteiger partial charge in [0.1, 0.15) is 0 Å². The van der Waals surface area contributed by atoms with E-state index in [0.29, 0.717) is 18.1 Å². The van der Waals surface area contributed by atoms with Crippen molar-refractivity contribution < 1.29 is 21.6 Å². The smallest absolute Gasteiger partial charge is 0.355 e. The molecule has 0 fully saturated rings. The molecule has 0 atom stereocenters. The van der Waals surface area contributed by atoms with Gasteiger partial charge in [0.2, 0.25) is 10.0 Å². The van der Waals surface area contributed by atoms with Gasteiger partial charge in [0.05, 0.1) is 11.3 Å². The molecule has 0 aliphatic rings. The van der Waals surface area contributed by atoms with Gasteiger partial charge in [-0.25, -0.2) is 13.1 Å². The van der Waals surface area contributed by atoms with E-state index in [-0.39, 0.29) is 42.8 Å². The lowest BCUT2D eigenvalue weighted by molar-refractivity contribution is -0.137. The number of hydrogen-bond acceptors (Lipinski definition) is 3. The molecule has 0 saturated heterocycles. The van der Waals surface area contributed by atoms with Crippen LogP contribution in [0.15, 0.2) is 59.6 Å². The van der Waals surface area contributed by atoms with Gasteiger partial charge in [0, 0.05) is 33.7 Å². The molecular formula is C20H26F3IN4O2S. The highest BCUT2D eigenvalue weighted by atomic mass is 127. The molecule has 0 radical (unpaired) electrons. The second kappa shape index (κ2) is 12.2. The van der Waals surface area contributed by atoms with Crippen molar-refractivity contribution in [1.82, 2.24) is 14.9 Å². The van der Waals surface area contributed by atoms with Crippen molar-refractivity contribution in [2.24, 2.45) is 4.99 Å². The lowest BCUT2D eigenvalue weighted by Crippen LogP contribution is -2.41. The molecule has 0 heterocycles. The highest BCUT2D eigenvalue weighted by Crippen LogP contribution is 2.29. The maximum absolute atomic E-state index is 12.7. The molecule has 0 aliphatic carbocycles. The number of guanidine groups is 1. The Kier molecular flexibility index (Phi) is 10.7. The summed E-state index contributed by atoms with van der Waals surface area (Å²) < 4.78 is 64.8. The second-order valence-corrected chi connectivity index (χ2v) is 8.58. The van der Waals surface area contributed by atoms with Crippen molar-refractivity contribution in [2.45, 2.75) is 19.3 Å². The van der Waals surface area contributed by atoms with E-state index in [9.17, 15) is 21.6 Å². The van der Waals surface area contributed by atoms with Gasteiger partial charge in [-0.05, 0) is 23.3 Å². The van der Waals surface area contributed by atoms with Crippen molar-refractivity contribution in [3.05, 3.63) is 71.3 Å². The average Bonchev–Trinajstić information content (AvgIpc) is 2.70. The van der Waals surface area contributed by atoms with Gasteiger partial charge in [-0.15, -0.1) is 24.0 Å². The van der Waals surface area contributed by atoms with Crippen LogP contribution in [0, 0.1) is 0 Å². The maximum Gasteiger partial charge on any atom is 0.416 e. The molecule has 0 unspecified atom stereocenters. The number of aliphatic imine (C=N–C) groups is 1. The Bertz CT molecular complexity index is 937. The lowest BCUT2D eigenvalue weighted by atomic mass is 10.1. The molecule has 0 amide bonds. The third kappa shape index (κ3) is 9.44. The molecule has 0 bridgehead atoms. The molecule has 0 aliphatic heterocycles. The van der Waals surface area contributed by atoms with Crippen LogP contribution in [0.1, 0.15) is 16.7 Å². The number of sulfonamides is 1. The second-order valence-electron chi connectivity index (χ2n) is 6.65. The van der Waals surface area contributed by atoms with Gasteiger partial charge in [-0.2, -0.15) is 13.2 Å². The van der Waals surface area contributed by atoms with E-state index in [1.807, 2.05) is 30.3 Å². The summed E-state index contributed by atoms with van der Waals surface area (Å²) in [5, 5.41) is 2.96. The molecule has 0 saturated carbocycles. The van der Waals surface area contributed by atoms with Gasteiger partial charge in [0.15, 0.2) is 5.96 Å². The molecule has 31 heavy (non-hydrogen) atoms. The van der Waals surface area contributed by atoms with E-state index in [1.165, 1.54) is 12.1 Å². The molecule has 0 spiro atoms. The Morgan fingerprint density at radius 1 is 1.03 bits per heavy atom. The number of nitrogens with one attached hydrogen (secondary N) is 2. The molecular weight excluding hydrogens is 544 g/mol. The molecule has 11 heteroatoms. The van der Waals surface area contributed by atoms with Crippen LogP contribution in [0.2, 0.25) is 0 Å². The summed E-state index contributed by atoms with van der Waals surface area (Å²) in [6, 6.07) is 14.1. The molecule has 2 aromatic rings. The van der Waals surface area contributed by atoms with E-state index in [2.05, 4.69) is 15.0 Å². The Labute approximate surface area is 198 Å². The molecule has 2 N–H and O–H groups in total. The Morgan fingerprint density at radius 3 is 2.19 bits per heavy atom. The van der Waals surface area contributed by atoms with Crippen LogP contribution >= 0.6 is 24.0 Å². The minimum Gasteiger partial charge on any atom is -0.355 e. The van der Waals surface area contributed by atoms with E-state index in [0.717, 1.165) is 17.7 Å². The predicted molar refractivity (Wildman–Crippen MR) is 127 cm³/mol. The van der Waals surface area contributed by atoms with Crippen molar-refractivity contribution in [1.29, 1.82) is 0 Å². The Balaban J connectivity index is 0.00000480. The summed E-state index contributed by atoms with van der Waals surface area (Å²) in [4.78, 5) is 5.79. The van der Waals surface area contributed by atoms with Crippen molar-refractivity contribution in [3.8, 4) is 0 Å². The number of halogens is 4. The van der Waals surface area contributed by atoms with Gasteiger partial charge in [-0.3, -0.25) is 4.99 Å². The zero-order valence-electron chi connectivity index (χ0n) is 17.2. The summed E-state index contributed by atoms with van der Waals surface area (Å²) in [5.74, 6) is 0.292. The zero-order chi connectivity index (χ0) is 22.2. The number of rotatable bonds is 8. The molecule has 2 aromatic carbocycles. The first kappa shape index (κ1) is 27.2. The van der Waals surface area contributed by atoms with E-state index < -0.39 is 21.8 Å². The summed E-state index contributed by atoms with van der Waals surface area (Å²) in [6.45, 7) is 0.663. The number of benzene rings is 2. The lowest BCUT2D eigenvalue weighted by Gasteiger charge is -2.22. The van der Waals surface area contributed by atoms with Crippen molar-refractivity contribution >= 4 is 40.0 Å². The van der Waals surface area contributed by atoms with E-state index in [1.54, 1.807) is 19.0 Å². The number of hydrogen-bond donors (Lipinski definition) is 2. The molecule has 2 rings (SSSR count). The summed E-state index contributed by atoms with van der Waals surface area (Å²) in [6.07, 6.45) is -4.37. The molecule has 172 valence electrons. The van der Waals surface area contributed by atoms with Gasteiger partial charge >= 0.3 is 6.18 Å². The largest absolute Gasteiger partial charge is 0.416 e. The van der Waals surface area contributed by atoms with Crippen LogP contribution in [0.25, 0.3) is 0 Å². The van der Waals surface area contributed by atoms with Gasteiger partial charge in [0.25, 0.3) is 0 Å². The first-order chi connectivity index (χ1) is 14.1. The SMILES string of the molecule is CN=C(NCCS(=O)(=O)NCc1ccccc1)N(C)Cc1ccc(C(F)(F)F)cc1.I. The minimum atomic E-state index is -4.37. The van der Waals surface area contributed by atoms with E-state index in [4.69, 9.17) is 0 Å². The summed E-state index contributed by atoms with van der Waals surface area (Å²) in [5.41, 5.74) is 0.830. The molecule has 6 nitrogen and oxygen atoms in total. The third-order valence-corrected chi connectivity index (χ3v) is 5.59. The predicted octanol–water partition coefficient (Wildman–Crippen LogP) is 3.45. The maximum atomic E-state index is 12.7. The first-order valence-corrected chi connectivity index (χ1v) is 10.8. The van der Waals surface area contributed by atoms with Crippen LogP contribution in [0.4, 0.5) is 13.2 Å². The van der Waals surface area contributed by atoms with E-state index >= 15 is 0 Å². The fourth-order valence-electron chi connectivity index (χ4n) is 2.69. The number of alkyl halides is 3. The van der Waals surface area contributed by atoms with Crippen LogP contribution in [-0.4, -0.2) is 45.7 Å². The average molecular weight is 570 g/mol. The fourth-order valence-corrected chi connectivity index (χ4v) is 3.59. The Hall–Kier alpha value is -1.86. The topological polar surface area (TPSA) is 73.8 Å².